The number of alkyl halides is 3. The Labute approximate surface area is 116 Å². The van der Waals surface area contributed by atoms with Gasteiger partial charge in [0.25, 0.3) is 5.91 Å². The first-order valence-electron chi connectivity index (χ1n) is 5.76. The first kappa shape index (κ1) is 14.3. The topological polar surface area (TPSA) is 32.3 Å². The number of benzene rings is 1. The molecule has 7 heteroatoms. The smallest absolute Gasteiger partial charge is 0.336 e. The molecular formula is C12H12BrF3N2O. The van der Waals surface area contributed by atoms with Crippen LogP contribution in [0.1, 0.15) is 15.9 Å². The van der Waals surface area contributed by atoms with Crippen LogP contribution < -0.4 is 5.32 Å². The summed E-state index contributed by atoms with van der Waals surface area (Å²) < 4.78 is 39.2. The molecule has 1 N–H and O–H groups in total. The van der Waals surface area contributed by atoms with Crippen LogP contribution in [0.4, 0.5) is 13.2 Å². The maximum atomic E-state index is 13.0. The molecule has 0 atom stereocenters. The maximum Gasteiger partial charge on any atom is 0.417 e. The fraction of sp³-hybridized carbons (Fsp3) is 0.417. The minimum atomic E-state index is -4.54. The fourth-order valence-corrected chi connectivity index (χ4v) is 2.34. The Kier molecular flexibility index (Phi) is 4.15. The van der Waals surface area contributed by atoms with E-state index in [9.17, 15) is 18.0 Å². The lowest BCUT2D eigenvalue weighted by molar-refractivity contribution is -0.138. The van der Waals surface area contributed by atoms with E-state index in [1.807, 2.05) is 0 Å². The molecule has 0 unspecified atom stereocenters. The highest BCUT2D eigenvalue weighted by molar-refractivity contribution is 9.10. The number of halogens is 4. The lowest BCUT2D eigenvalue weighted by Gasteiger charge is -2.28. The van der Waals surface area contributed by atoms with Crippen LogP contribution in [0.5, 0.6) is 0 Å². The summed E-state index contributed by atoms with van der Waals surface area (Å²) in [5.74, 6) is -0.568. The van der Waals surface area contributed by atoms with Crippen LogP contribution in [0.25, 0.3) is 0 Å². The summed E-state index contributed by atoms with van der Waals surface area (Å²) in [5, 5.41) is 3.05. The molecule has 1 aliphatic rings. The summed E-state index contributed by atoms with van der Waals surface area (Å²) in [6.07, 6.45) is -4.54. The normalized spacial score (nSPS) is 16.5. The zero-order chi connectivity index (χ0) is 14.0. The van der Waals surface area contributed by atoms with Crippen LogP contribution in [0.2, 0.25) is 0 Å². The summed E-state index contributed by atoms with van der Waals surface area (Å²) in [6.45, 7) is 2.05. The Balaban J connectivity index is 2.35. The zero-order valence-corrected chi connectivity index (χ0v) is 11.5. The van der Waals surface area contributed by atoms with Gasteiger partial charge in [-0.2, -0.15) is 13.2 Å². The lowest BCUT2D eigenvalue weighted by Crippen LogP contribution is -2.46. The molecule has 0 spiro atoms. The van der Waals surface area contributed by atoms with Crippen molar-refractivity contribution < 1.29 is 18.0 Å². The highest BCUT2D eigenvalue weighted by Crippen LogP contribution is 2.34. The van der Waals surface area contributed by atoms with Gasteiger partial charge in [0.2, 0.25) is 0 Å². The Morgan fingerprint density at radius 1 is 1.26 bits per heavy atom. The van der Waals surface area contributed by atoms with Crippen LogP contribution in [0, 0.1) is 0 Å². The predicted octanol–water partition coefficient (Wildman–Crippen LogP) is 2.51. The molecular weight excluding hydrogens is 325 g/mol. The number of carbonyl (C=O) groups is 1. The molecule has 104 valence electrons. The largest absolute Gasteiger partial charge is 0.417 e. The van der Waals surface area contributed by atoms with Crippen LogP contribution in [0.15, 0.2) is 22.7 Å². The third kappa shape index (κ3) is 3.27. The molecule has 0 aromatic heterocycles. The van der Waals surface area contributed by atoms with Crippen molar-refractivity contribution in [2.45, 2.75) is 6.18 Å². The number of hydrogen-bond donors (Lipinski definition) is 1. The van der Waals surface area contributed by atoms with Crippen molar-refractivity contribution in [1.82, 2.24) is 10.2 Å². The van der Waals surface area contributed by atoms with E-state index >= 15 is 0 Å². The van der Waals surface area contributed by atoms with Crippen molar-refractivity contribution in [2.24, 2.45) is 0 Å². The van der Waals surface area contributed by atoms with E-state index in [1.165, 1.54) is 17.0 Å². The fourth-order valence-electron chi connectivity index (χ4n) is 1.98. The molecule has 0 saturated carbocycles. The van der Waals surface area contributed by atoms with E-state index in [-0.39, 0.29) is 5.56 Å². The first-order valence-corrected chi connectivity index (χ1v) is 6.55. The maximum absolute atomic E-state index is 13.0. The number of piperazine rings is 1. The SMILES string of the molecule is O=C(c1ccc(Br)cc1C(F)(F)F)N1CCNCC1. The third-order valence-corrected chi connectivity index (χ3v) is 3.41. The van der Waals surface area contributed by atoms with Gasteiger partial charge in [0.1, 0.15) is 0 Å². The molecule has 0 radical (unpaired) electrons. The molecule has 3 nitrogen and oxygen atoms in total. The molecule has 1 aromatic rings. The molecule has 1 aliphatic heterocycles. The van der Waals surface area contributed by atoms with Crippen molar-refractivity contribution >= 4 is 21.8 Å². The second kappa shape index (κ2) is 5.50. The number of carbonyl (C=O) groups excluding carboxylic acids is 1. The quantitative estimate of drug-likeness (QED) is 0.854. The average molecular weight is 337 g/mol. The summed E-state index contributed by atoms with van der Waals surface area (Å²) in [4.78, 5) is 13.6. The molecule has 2 rings (SSSR count). The van der Waals surface area contributed by atoms with Gasteiger partial charge >= 0.3 is 6.18 Å². The van der Waals surface area contributed by atoms with E-state index in [0.29, 0.717) is 30.7 Å². The van der Waals surface area contributed by atoms with E-state index < -0.39 is 17.6 Å². The highest BCUT2D eigenvalue weighted by atomic mass is 79.9. The van der Waals surface area contributed by atoms with E-state index in [0.717, 1.165) is 6.07 Å². The molecule has 1 saturated heterocycles. The van der Waals surface area contributed by atoms with E-state index in [2.05, 4.69) is 21.2 Å². The number of nitrogens with one attached hydrogen (secondary N) is 1. The van der Waals surface area contributed by atoms with Gasteiger partial charge in [0, 0.05) is 30.7 Å². The summed E-state index contributed by atoms with van der Waals surface area (Å²) >= 11 is 3.00. The minimum Gasteiger partial charge on any atom is -0.336 e. The molecule has 1 amide bonds. The van der Waals surface area contributed by atoms with Gasteiger partial charge < -0.3 is 10.2 Å². The molecule has 0 bridgehead atoms. The summed E-state index contributed by atoms with van der Waals surface area (Å²) in [7, 11) is 0. The molecule has 1 heterocycles. The third-order valence-electron chi connectivity index (χ3n) is 2.92. The van der Waals surface area contributed by atoms with Gasteiger partial charge in [-0.25, -0.2) is 0 Å². The second-order valence-electron chi connectivity index (χ2n) is 4.23. The number of nitrogens with zero attached hydrogens (tertiary/aromatic N) is 1. The van der Waals surface area contributed by atoms with Crippen LogP contribution in [-0.2, 0) is 6.18 Å². The number of amides is 1. The Hall–Kier alpha value is -1.08. The van der Waals surface area contributed by atoms with Crippen molar-refractivity contribution in [1.29, 1.82) is 0 Å². The Morgan fingerprint density at radius 2 is 1.89 bits per heavy atom. The van der Waals surface area contributed by atoms with Gasteiger partial charge in [0.05, 0.1) is 11.1 Å². The second-order valence-corrected chi connectivity index (χ2v) is 5.15. The monoisotopic (exact) mass is 336 g/mol. The van der Waals surface area contributed by atoms with Crippen molar-refractivity contribution in [3.05, 3.63) is 33.8 Å². The van der Waals surface area contributed by atoms with Gasteiger partial charge in [0.15, 0.2) is 0 Å². The van der Waals surface area contributed by atoms with Crippen molar-refractivity contribution in [2.75, 3.05) is 26.2 Å². The predicted molar refractivity (Wildman–Crippen MR) is 67.9 cm³/mol. The number of hydrogen-bond acceptors (Lipinski definition) is 2. The average Bonchev–Trinajstić information content (AvgIpc) is 2.38. The van der Waals surface area contributed by atoms with Gasteiger partial charge in [-0.15, -0.1) is 0 Å². The highest BCUT2D eigenvalue weighted by Gasteiger charge is 2.36. The summed E-state index contributed by atoms with van der Waals surface area (Å²) in [6, 6.07) is 3.61. The van der Waals surface area contributed by atoms with E-state index in [1.54, 1.807) is 0 Å². The van der Waals surface area contributed by atoms with Crippen molar-refractivity contribution in [3.8, 4) is 0 Å². The minimum absolute atomic E-state index is 0.294. The molecule has 1 aromatic carbocycles. The Morgan fingerprint density at radius 3 is 2.47 bits per heavy atom. The summed E-state index contributed by atoms with van der Waals surface area (Å²) in [5.41, 5.74) is -1.19. The Bertz CT molecular complexity index is 484. The lowest BCUT2D eigenvalue weighted by atomic mass is 10.1. The van der Waals surface area contributed by atoms with Crippen LogP contribution in [0.3, 0.4) is 0 Å². The first-order chi connectivity index (χ1) is 8.89. The molecule has 19 heavy (non-hydrogen) atoms. The molecule has 1 fully saturated rings. The van der Waals surface area contributed by atoms with Crippen LogP contribution in [-0.4, -0.2) is 37.0 Å². The zero-order valence-electron chi connectivity index (χ0n) is 9.93. The molecule has 0 aliphatic carbocycles. The van der Waals surface area contributed by atoms with Gasteiger partial charge in [-0.1, -0.05) is 15.9 Å². The van der Waals surface area contributed by atoms with Crippen molar-refractivity contribution in [3.63, 3.8) is 0 Å². The van der Waals surface area contributed by atoms with Crippen LogP contribution >= 0.6 is 15.9 Å². The standard InChI is InChI=1S/C12H12BrF3N2O/c13-8-1-2-9(10(7-8)12(14,15)16)11(19)18-5-3-17-4-6-18/h1-2,7,17H,3-6H2. The van der Waals surface area contributed by atoms with Gasteiger partial charge in [-0.3, -0.25) is 4.79 Å². The van der Waals surface area contributed by atoms with Gasteiger partial charge in [-0.05, 0) is 18.2 Å². The number of rotatable bonds is 1. The van der Waals surface area contributed by atoms with E-state index in [4.69, 9.17) is 0 Å².